The number of carbonyl (C=O) groups excluding carboxylic acids is 1. The lowest BCUT2D eigenvalue weighted by molar-refractivity contribution is -0.116. The van der Waals surface area contributed by atoms with Crippen LogP contribution in [-0.4, -0.2) is 5.91 Å². The molecule has 2 aromatic rings. The van der Waals surface area contributed by atoms with Gasteiger partial charge in [-0.3, -0.25) is 4.79 Å². The van der Waals surface area contributed by atoms with Crippen molar-refractivity contribution in [1.82, 2.24) is 0 Å². The number of hydrogen-bond acceptors (Lipinski definition) is 2. The quantitative estimate of drug-likeness (QED) is 0.940. The van der Waals surface area contributed by atoms with Crippen molar-refractivity contribution in [2.24, 2.45) is 0 Å². The van der Waals surface area contributed by atoms with E-state index in [2.05, 4.69) is 5.32 Å². The topological polar surface area (TPSA) is 38.3 Å². The number of rotatable bonds is 3. The van der Waals surface area contributed by atoms with Crippen LogP contribution in [-0.2, 0) is 17.8 Å². The SMILES string of the molecule is O=C1CCc2ccc(OCc3ccc(F)cc3F)cc2N1. The van der Waals surface area contributed by atoms with E-state index in [9.17, 15) is 13.6 Å². The Morgan fingerprint density at radius 3 is 2.76 bits per heavy atom. The molecule has 0 saturated carbocycles. The van der Waals surface area contributed by atoms with Crippen LogP contribution in [0.15, 0.2) is 36.4 Å². The first-order valence-corrected chi connectivity index (χ1v) is 6.61. The van der Waals surface area contributed by atoms with Crippen LogP contribution >= 0.6 is 0 Å². The monoisotopic (exact) mass is 289 g/mol. The second kappa shape index (κ2) is 5.52. The first-order valence-electron chi connectivity index (χ1n) is 6.61. The van der Waals surface area contributed by atoms with Gasteiger partial charge in [-0.05, 0) is 30.2 Å². The molecule has 0 bridgehead atoms. The molecule has 1 heterocycles. The number of amides is 1. The van der Waals surface area contributed by atoms with Gasteiger partial charge >= 0.3 is 0 Å². The molecule has 3 rings (SSSR count). The van der Waals surface area contributed by atoms with Crippen molar-refractivity contribution >= 4 is 11.6 Å². The molecule has 0 radical (unpaired) electrons. The summed E-state index contributed by atoms with van der Waals surface area (Å²) >= 11 is 0. The van der Waals surface area contributed by atoms with Crippen molar-refractivity contribution in [1.29, 1.82) is 0 Å². The Bertz CT molecular complexity index is 701. The number of ether oxygens (including phenoxy) is 1. The fraction of sp³-hybridized carbons (Fsp3) is 0.188. The third-order valence-corrected chi connectivity index (χ3v) is 3.39. The minimum atomic E-state index is -0.638. The van der Waals surface area contributed by atoms with Crippen LogP contribution in [0.5, 0.6) is 5.75 Å². The summed E-state index contributed by atoms with van der Waals surface area (Å²) in [5.41, 5.74) is 2.05. The molecule has 1 amide bonds. The molecule has 0 aromatic heterocycles. The Kier molecular flexibility index (Phi) is 3.56. The molecule has 1 aliphatic heterocycles. The normalized spacial score (nSPS) is 13.5. The Balaban J connectivity index is 1.73. The third kappa shape index (κ3) is 3.02. The average Bonchev–Trinajstić information content (AvgIpc) is 2.46. The van der Waals surface area contributed by atoms with E-state index in [1.54, 1.807) is 12.1 Å². The summed E-state index contributed by atoms with van der Waals surface area (Å²) in [7, 11) is 0. The lowest BCUT2D eigenvalue weighted by Gasteiger charge is -2.17. The zero-order valence-electron chi connectivity index (χ0n) is 11.2. The number of benzene rings is 2. The zero-order valence-corrected chi connectivity index (χ0v) is 11.2. The van der Waals surface area contributed by atoms with Gasteiger partial charge in [0.1, 0.15) is 24.0 Å². The predicted molar refractivity (Wildman–Crippen MR) is 74.1 cm³/mol. The molecule has 0 atom stereocenters. The van der Waals surface area contributed by atoms with E-state index in [1.807, 2.05) is 6.07 Å². The highest BCUT2D eigenvalue weighted by Crippen LogP contribution is 2.27. The van der Waals surface area contributed by atoms with Gasteiger partial charge in [-0.25, -0.2) is 8.78 Å². The lowest BCUT2D eigenvalue weighted by atomic mass is 10.0. The molecule has 1 N–H and O–H groups in total. The molecule has 108 valence electrons. The van der Waals surface area contributed by atoms with Crippen molar-refractivity contribution in [3.8, 4) is 5.75 Å². The van der Waals surface area contributed by atoms with E-state index < -0.39 is 11.6 Å². The molecule has 3 nitrogen and oxygen atoms in total. The van der Waals surface area contributed by atoms with Gasteiger partial charge in [0.05, 0.1) is 0 Å². The fourth-order valence-corrected chi connectivity index (χ4v) is 2.24. The van der Waals surface area contributed by atoms with E-state index in [0.29, 0.717) is 18.6 Å². The molecule has 0 saturated heterocycles. The van der Waals surface area contributed by atoms with Crippen molar-refractivity contribution in [3.05, 3.63) is 59.2 Å². The Hall–Kier alpha value is -2.43. The van der Waals surface area contributed by atoms with Crippen molar-refractivity contribution in [2.45, 2.75) is 19.4 Å². The number of carbonyl (C=O) groups is 1. The second-order valence-corrected chi connectivity index (χ2v) is 4.89. The van der Waals surface area contributed by atoms with E-state index >= 15 is 0 Å². The van der Waals surface area contributed by atoms with Gasteiger partial charge in [0, 0.05) is 29.8 Å². The maximum absolute atomic E-state index is 13.5. The van der Waals surface area contributed by atoms with E-state index in [-0.39, 0.29) is 18.1 Å². The van der Waals surface area contributed by atoms with Gasteiger partial charge in [-0.2, -0.15) is 0 Å². The minimum Gasteiger partial charge on any atom is -0.489 e. The zero-order chi connectivity index (χ0) is 14.8. The maximum Gasteiger partial charge on any atom is 0.224 e. The molecule has 5 heteroatoms. The third-order valence-electron chi connectivity index (χ3n) is 3.39. The van der Waals surface area contributed by atoms with Crippen molar-refractivity contribution in [3.63, 3.8) is 0 Å². The molecule has 0 aliphatic carbocycles. The molecule has 2 aromatic carbocycles. The van der Waals surface area contributed by atoms with E-state index in [4.69, 9.17) is 4.74 Å². The molecule has 0 spiro atoms. The Labute approximate surface area is 120 Å². The van der Waals surface area contributed by atoms with Crippen LogP contribution in [0, 0.1) is 11.6 Å². The van der Waals surface area contributed by atoms with Crippen LogP contribution < -0.4 is 10.1 Å². The summed E-state index contributed by atoms with van der Waals surface area (Å²) in [5.74, 6) is -0.752. The molecule has 21 heavy (non-hydrogen) atoms. The molecular formula is C16H13F2NO2. The first kappa shape index (κ1) is 13.5. The Morgan fingerprint density at radius 1 is 1.10 bits per heavy atom. The summed E-state index contributed by atoms with van der Waals surface area (Å²) in [6, 6.07) is 8.74. The number of anilines is 1. The average molecular weight is 289 g/mol. The Morgan fingerprint density at radius 2 is 1.95 bits per heavy atom. The van der Waals surface area contributed by atoms with Crippen LogP contribution in [0.3, 0.4) is 0 Å². The first-order chi connectivity index (χ1) is 10.1. The van der Waals surface area contributed by atoms with Gasteiger partial charge in [0.2, 0.25) is 5.91 Å². The van der Waals surface area contributed by atoms with Gasteiger partial charge in [-0.1, -0.05) is 6.07 Å². The highest BCUT2D eigenvalue weighted by Gasteiger charge is 2.15. The number of nitrogens with one attached hydrogen (secondary N) is 1. The molecule has 0 unspecified atom stereocenters. The van der Waals surface area contributed by atoms with E-state index in [0.717, 1.165) is 17.3 Å². The summed E-state index contributed by atoms with van der Waals surface area (Å²) < 4.78 is 31.8. The van der Waals surface area contributed by atoms with Crippen LogP contribution in [0.4, 0.5) is 14.5 Å². The van der Waals surface area contributed by atoms with Crippen LogP contribution in [0.2, 0.25) is 0 Å². The van der Waals surface area contributed by atoms with E-state index in [1.165, 1.54) is 12.1 Å². The fourth-order valence-electron chi connectivity index (χ4n) is 2.24. The van der Waals surface area contributed by atoms with Gasteiger partial charge < -0.3 is 10.1 Å². The van der Waals surface area contributed by atoms with Crippen LogP contribution in [0.25, 0.3) is 0 Å². The standard InChI is InChI=1S/C16H13F2NO2/c17-12-4-1-11(14(18)7-12)9-21-13-5-2-10-3-6-16(20)19-15(10)8-13/h1-2,4-5,7-8H,3,6,9H2,(H,19,20). The van der Waals surface area contributed by atoms with Gasteiger partial charge in [0.25, 0.3) is 0 Å². The molecule has 1 aliphatic rings. The number of halogens is 2. The molecular weight excluding hydrogens is 276 g/mol. The summed E-state index contributed by atoms with van der Waals surface area (Å²) in [4.78, 5) is 11.4. The van der Waals surface area contributed by atoms with Crippen molar-refractivity contribution < 1.29 is 18.3 Å². The number of aryl methyl sites for hydroxylation is 1. The van der Waals surface area contributed by atoms with Crippen molar-refractivity contribution in [2.75, 3.05) is 5.32 Å². The highest BCUT2D eigenvalue weighted by atomic mass is 19.1. The lowest BCUT2D eigenvalue weighted by Crippen LogP contribution is -2.18. The largest absolute Gasteiger partial charge is 0.489 e. The number of fused-ring (bicyclic) bond motifs is 1. The second-order valence-electron chi connectivity index (χ2n) is 4.89. The molecule has 0 fully saturated rings. The highest BCUT2D eigenvalue weighted by molar-refractivity contribution is 5.94. The smallest absolute Gasteiger partial charge is 0.224 e. The summed E-state index contributed by atoms with van der Waals surface area (Å²) in [6.45, 7) is -0.00114. The van der Waals surface area contributed by atoms with Gasteiger partial charge in [-0.15, -0.1) is 0 Å². The maximum atomic E-state index is 13.5. The predicted octanol–water partition coefficient (Wildman–Crippen LogP) is 3.43. The summed E-state index contributed by atoms with van der Waals surface area (Å²) in [5, 5.41) is 2.77. The number of hydrogen-bond donors (Lipinski definition) is 1. The van der Waals surface area contributed by atoms with Crippen LogP contribution in [0.1, 0.15) is 17.5 Å². The van der Waals surface area contributed by atoms with Gasteiger partial charge in [0.15, 0.2) is 0 Å². The summed E-state index contributed by atoms with van der Waals surface area (Å²) in [6.07, 6.45) is 1.18. The minimum absolute atomic E-state index is 0.00114.